The number of para-hydroxylation sites is 2. The van der Waals surface area contributed by atoms with Gasteiger partial charge < -0.3 is 20.1 Å². The molecule has 0 radical (unpaired) electrons. The van der Waals surface area contributed by atoms with E-state index >= 15 is 0 Å². The first-order chi connectivity index (χ1) is 15.5. The number of hydrogen-bond donors (Lipinski definition) is 2. The van der Waals surface area contributed by atoms with Crippen LogP contribution in [0.5, 0.6) is 11.5 Å². The number of carbonyl (C=O) groups is 2. The molecule has 0 aromatic heterocycles. The summed E-state index contributed by atoms with van der Waals surface area (Å²) < 4.78 is 10.9. The van der Waals surface area contributed by atoms with E-state index in [0.29, 0.717) is 27.9 Å². The number of amides is 2. The zero-order valence-electron chi connectivity index (χ0n) is 17.7. The lowest BCUT2D eigenvalue weighted by molar-refractivity contribution is -0.122. The predicted octanol–water partition coefficient (Wildman–Crippen LogP) is 5.41. The van der Waals surface area contributed by atoms with Crippen molar-refractivity contribution in [2.75, 3.05) is 17.7 Å². The molecule has 0 aliphatic rings. The second-order valence-electron chi connectivity index (χ2n) is 6.82. The highest BCUT2D eigenvalue weighted by Gasteiger charge is 2.16. The van der Waals surface area contributed by atoms with Crippen LogP contribution in [0.3, 0.4) is 0 Å². The number of ether oxygens (including phenoxy) is 2. The number of halogens is 1. The molecule has 0 fully saturated rings. The Hall–Kier alpha value is -3.77. The summed E-state index contributed by atoms with van der Waals surface area (Å²) in [6, 6.07) is 21.2. The third-order valence-corrected chi connectivity index (χ3v) is 4.80. The molecule has 0 aliphatic heterocycles. The minimum absolute atomic E-state index is 0.283. The van der Waals surface area contributed by atoms with Gasteiger partial charge in [0.1, 0.15) is 11.5 Å². The summed E-state index contributed by atoms with van der Waals surface area (Å²) in [5, 5.41) is 5.98. The minimum Gasteiger partial charge on any atom is -0.496 e. The molecule has 6 nitrogen and oxygen atoms in total. The number of rotatable bonds is 8. The van der Waals surface area contributed by atoms with Gasteiger partial charge in [-0.15, -0.1) is 0 Å². The molecule has 0 aliphatic carbocycles. The monoisotopic (exact) mass is 450 g/mol. The third kappa shape index (κ3) is 6.36. The Kier molecular flexibility index (Phi) is 7.89. The number of carbonyl (C=O) groups excluding carboxylic acids is 2. The summed E-state index contributed by atoms with van der Waals surface area (Å²) in [5.74, 6) is 0.524. The van der Waals surface area contributed by atoms with E-state index in [9.17, 15) is 9.59 Å². The zero-order chi connectivity index (χ0) is 22.9. The highest BCUT2D eigenvalue weighted by atomic mass is 35.5. The maximum Gasteiger partial charge on any atom is 0.265 e. The second-order valence-corrected chi connectivity index (χ2v) is 7.23. The number of hydrogen-bond acceptors (Lipinski definition) is 4. The molecule has 0 spiro atoms. The van der Waals surface area contributed by atoms with E-state index in [1.807, 2.05) is 24.3 Å². The van der Waals surface area contributed by atoms with Crippen molar-refractivity contribution in [3.63, 3.8) is 0 Å². The normalized spacial score (nSPS) is 11.6. The maximum absolute atomic E-state index is 12.4. The van der Waals surface area contributed by atoms with Gasteiger partial charge in [0.15, 0.2) is 6.10 Å². The van der Waals surface area contributed by atoms with Crippen molar-refractivity contribution in [2.45, 2.75) is 13.0 Å². The summed E-state index contributed by atoms with van der Waals surface area (Å²) in [5.41, 5.74) is 1.97. The lowest BCUT2D eigenvalue weighted by Gasteiger charge is -2.15. The molecule has 32 heavy (non-hydrogen) atoms. The van der Waals surface area contributed by atoms with E-state index in [2.05, 4.69) is 10.6 Å². The van der Waals surface area contributed by atoms with E-state index in [1.165, 1.54) is 6.08 Å². The molecular formula is C25H23ClN2O4. The van der Waals surface area contributed by atoms with Crippen LogP contribution in [0.2, 0.25) is 5.02 Å². The Morgan fingerprint density at radius 3 is 2.12 bits per heavy atom. The van der Waals surface area contributed by atoms with Crippen molar-refractivity contribution in [3.8, 4) is 11.5 Å². The lowest BCUT2D eigenvalue weighted by atomic mass is 10.2. The first-order valence-electron chi connectivity index (χ1n) is 9.90. The van der Waals surface area contributed by atoms with Crippen LogP contribution in [-0.4, -0.2) is 25.0 Å². The molecule has 3 aromatic carbocycles. The molecule has 0 bridgehead atoms. The number of anilines is 2. The smallest absolute Gasteiger partial charge is 0.265 e. The van der Waals surface area contributed by atoms with E-state index in [-0.39, 0.29) is 11.8 Å². The van der Waals surface area contributed by atoms with Gasteiger partial charge >= 0.3 is 0 Å². The third-order valence-electron chi connectivity index (χ3n) is 4.48. The molecule has 1 atom stereocenters. The summed E-state index contributed by atoms with van der Waals surface area (Å²) in [6.07, 6.45) is 2.37. The summed E-state index contributed by atoms with van der Waals surface area (Å²) in [6.45, 7) is 1.64. The van der Waals surface area contributed by atoms with Gasteiger partial charge in [-0.25, -0.2) is 0 Å². The molecule has 0 saturated carbocycles. The Labute approximate surface area is 191 Å². The largest absolute Gasteiger partial charge is 0.496 e. The van der Waals surface area contributed by atoms with Gasteiger partial charge in [0.25, 0.3) is 5.91 Å². The first-order valence-corrected chi connectivity index (χ1v) is 10.3. The molecule has 3 aromatic rings. The van der Waals surface area contributed by atoms with Crippen LogP contribution < -0.4 is 20.1 Å². The van der Waals surface area contributed by atoms with Crippen molar-refractivity contribution in [2.24, 2.45) is 0 Å². The summed E-state index contributed by atoms with van der Waals surface area (Å²) >= 11 is 6.06. The molecule has 3 rings (SSSR count). The first kappa shape index (κ1) is 22.9. The van der Waals surface area contributed by atoms with Crippen molar-refractivity contribution in [1.29, 1.82) is 0 Å². The highest BCUT2D eigenvalue weighted by molar-refractivity contribution is 6.32. The fourth-order valence-corrected chi connectivity index (χ4v) is 3.00. The van der Waals surface area contributed by atoms with Crippen molar-refractivity contribution in [1.82, 2.24) is 0 Å². The van der Waals surface area contributed by atoms with Crippen LogP contribution in [0.15, 0.2) is 78.9 Å². The van der Waals surface area contributed by atoms with Crippen LogP contribution in [-0.2, 0) is 9.59 Å². The van der Waals surface area contributed by atoms with Crippen LogP contribution in [0, 0.1) is 0 Å². The van der Waals surface area contributed by atoms with Crippen LogP contribution in [0.25, 0.3) is 6.08 Å². The molecule has 1 unspecified atom stereocenters. The van der Waals surface area contributed by atoms with E-state index < -0.39 is 6.10 Å². The molecular weight excluding hydrogens is 428 g/mol. The predicted molar refractivity (Wildman–Crippen MR) is 127 cm³/mol. The number of nitrogens with one attached hydrogen (secondary N) is 2. The fraction of sp³-hybridized carbons (Fsp3) is 0.120. The van der Waals surface area contributed by atoms with Crippen LogP contribution >= 0.6 is 11.6 Å². The molecule has 2 N–H and O–H groups in total. The minimum atomic E-state index is -0.741. The fourth-order valence-electron chi connectivity index (χ4n) is 2.82. The van der Waals surface area contributed by atoms with Gasteiger partial charge in [-0.1, -0.05) is 41.9 Å². The van der Waals surface area contributed by atoms with Gasteiger partial charge in [-0.05, 0) is 55.5 Å². The highest BCUT2D eigenvalue weighted by Crippen LogP contribution is 2.24. The molecule has 0 heterocycles. The SMILES string of the molecule is COc1ccccc1/C=C/C(=O)Nc1ccc(NC(=O)C(C)Oc2ccccc2Cl)cc1. The van der Waals surface area contributed by atoms with Gasteiger partial charge in [0.05, 0.1) is 12.1 Å². The molecule has 0 saturated heterocycles. The van der Waals surface area contributed by atoms with Crippen LogP contribution in [0.1, 0.15) is 12.5 Å². The van der Waals surface area contributed by atoms with E-state index in [1.54, 1.807) is 68.6 Å². The quantitative estimate of drug-likeness (QED) is 0.450. The average Bonchev–Trinajstić information content (AvgIpc) is 2.80. The topological polar surface area (TPSA) is 76.7 Å². The Morgan fingerprint density at radius 2 is 1.47 bits per heavy atom. The maximum atomic E-state index is 12.4. The van der Waals surface area contributed by atoms with Crippen molar-refractivity contribution in [3.05, 3.63) is 89.5 Å². The van der Waals surface area contributed by atoms with E-state index in [0.717, 1.165) is 5.56 Å². The van der Waals surface area contributed by atoms with Gasteiger partial charge in [-0.3, -0.25) is 9.59 Å². The molecule has 2 amide bonds. The molecule has 7 heteroatoms. The number of methoxy groups -OCH3 is 1. The van der Waals surface area contributed by atoms with Gasteiger partial charge in [-0.2, -0.15) is 0 Å². The van der Waals surface area contributed by atoms with Crippen molar-refractivity contribution >= 4 is 40.9 Å². The number of benzene rings is 3. The zero-order valence-corrected chi connectivity index (χ0v) is 18.4. The Bertz CT molecular complexity index is 1110. The summed E-state index contributed by atoms with van der Waals surface area (Å²) in [7, 11) is 1.58. The van der Waals surface area contributed by atoms with Crippen molar-refractivity contribution < 1.29 is 19.1 Å². The summed E-state index contributed by atoms with van der Waals surface area (Å²) in [4.78, 5) is 24.6. The average molecular weight is 451 g/mol. The van der Waals surface area contributed by atoms with Gasteiger partial charge in [0, 0.05) is 23.0 Å². The second kappa shape index (κ2) is 11.0. The molecule has 164 valence electrons. The lowest BCUT2D eigenvalue weighted by Crippen LogP contribution is -2.30. The standard InChI is InChI=1S/C25H23ClN2O4/c1-17(32-23-10-6-4-8-21(23)26)25(30)28-20-14-12-19(13-15-20)27-24(29)16-11-18-7-3-5-9-22(18)31-2/h3-17H,1-2H3,(H,27,29)(H,28,30)/b16-11+. The Balaban J connectivity index is 1.54. The van der Waals surface area contributed by atoms with Crippen LogP contribution in [0.4, 0.5) is 11.4 Å². The van der Waals surface area contributed by atoms with E-state index in [4.69, 9.17) is 21.1 Å². The van der Waals surface area contributed by atoms with Gasteiger partial charge in [0.2, 0.25) is 5.91 Å². The Morgan fingerprint density at radius 1 is 0.875 bits per heavy atom.